The number of para-hydroxylation sites is 1. The third-order valence-electron chi connectivity index (χ3n) is 4.88. The molecule has 0 aromatic heterocycles. The topological polar surface area (TPSA) is 95.6 Å². The van der Waals surface area contributed by atoms with Crippen LogP contribution in [-0.4, -0.2) is 38.6 Å². The average molecular weight is 460 g/mol. The van der Waals surface area contributed by atoms with Crippen molar-refractivity contribution in [2.75, 3.05) is 22.4 Å². The van der Waals surface area contributed by atoms with Crippen LogP contribution in [0, 0.1) is 13.8 Å². The van der Waals surface area contributed by atoms with E-state index in [0.29, 0.717) is 23.4 Å². The van der Waals surface area contributed by atoms with E-state index >= 15 is 0 Å². The molecule has 0 unspecified atom stereocenters. The molecule has 0 saturated heterocycles. The summed E-state index contributed by atoms with van der Waals surface area (Å²) in [6.45, 7) is 9.73. The molecule has 7 nitrogen and oxygen atoms in total. The number of benzene rings is 2. The predicted molar refractivity (Wildman–Crippen MR) is 130 cm³/mol. The largest absolute Gasteiger partial charge is 0.347 e. The highest BCUT2D eigenvalue weighted by molar-refractivity contribution is 7.92. The van der Waals surface area contributed by atoms with E-state index in [2.05, 4.69) is 10.6 Å². The van der Waals surface area contributed by atoms with Crippen molar-refractivity contribution < 1.29 is 18.0 Å². The molecule has 0 heterocycles. The first-order valence-corrected chi connectivity index (χ1v) is 12.4. The Labute approximate surface area is 191 Å². The maximum atomic E-state index is 12.5. The van der Waals surface area contributed by atoms with Crippen molar-refractivity contribution in [1.82, 2.24) is 5.32 Å². The van der Waals surface area contributed by atoms with Crippen molar-refractivity contribution in [3.05, 3.63) is 59.2 Å². The summed E-state index contributed by atoms with van der Waals surface area (Å²) in [5, 5.41) is 5.67. The SMILES string of the molecule is Cc1ccc(N(CCCC(=O)Nc2ccccc2C(=O)NC(C)(C)C)S(C)(=O)=O)cc1C. The summed E-state index contributed by atoms with van der Waals surface area (Å²) in [5.74, 6) is -0.555. The number of hydrogen-bond donors (Lipinski definition) is 2. The van der Waals surface area contributed by atoms with Crippen LogP contribution >= 0.6 is 0 Å². The van der Waals surface area contributed by atoms with Crippen LogP contribution < -0.4 is 14.9 Å². The van der Waals surface area contributed by atoms with Gasteiger partial charge < -0.3 is 10.6 Å². The quantitative estimate of drug-likeness (QED) is 0.623. The molecule has 2 aromatic carbocycles. The highest BCUT2D eigenvalue weighted by Crippen LogP contribution is 2.22. The number of carbonyl (C=O) groups is 2. The van der Waals surface area contributed by atoms with Gasteiger partial charge in [-0.3, -0.25) is 13.9 Å². The van der Waals surface area contributed by atoms with Crippen LogP contribution in [-0.2, 0) is 14.8 Å². The normalized spacial score (nSPS) is 11.7. The van der Waals surface area contributed by atoms with Gasteiger partial charge in [-0.15, -0.1) is 0 Å². The lowest BCUT2D eigenvalue weighted by atomic mass is 10.1. The van der Waals surface area contributed by atoms with Gasteiger partial charge in [0.05, 0.1) is 23.2 Å². The van der Waals surface area contributed by atoms with E-state index in [0.717, 1.165) is 17.4 Å². The van der Waals surface area contributed by atoms with E-state index < -0.39 is 15.6 Å². The molecule has 0 bridgehead atoms. The van der Waals surface area contributed by atoms with E-state index in [-0.39, 0.29) is 24.8 Å². The van der Waals surface area contributed by atoms with Gasteiger partial charge in [0.1, 0.15) is 0 Å². The Bertz CT molecular complexity index is 1090. The molecule has 2 amide bonds. The fourth-order valence-electron chi connectivity index (χ4n) is 3.16. The first kappa shape index (κ1) is 25.4. The molecule has 2 N–H and O–H groups in total. The van der Waals surface area contributed by atoms with Gasteiger partial charge in [-0.1, -0.05) is 18.2 Å². The Hall–Kier alpha value is -2.87. The minimum Gasteiger partial charge on any atom is -0.347 e. The third-order valence-corrected chi connectivity index (χ3v) is 6.07. The van der Waals surface area contributed by atoms with Gasteiger partial charge in [-0.05, 0) is 76.4 Å². The number of hydrogen-bond acceptors (Lipinski definition) is 4. The van der Waals surface area contributed by atoms with Crippen LogP contribution in [0.2, 0.25) is 0 Å². The second kappa shape index (κ2) is 10.2. The number of sulfonamides is 1. The van der Waals surface area contributed by atoms with E-state index in [1.807, 2.05) is 46.8 Å². The zero-order valence-electron chi connectivity index (χ0n) is 19.7. The summed E-state index contributed by atoms with van der Waals surface area (Å²) in [6, 6.07) is 12.3. The second-order valence-corrected chi connectivity index (χ2v) is 10.9. The van der Waals surface area contributed by atoms with Crippen molar-refractivity contribution in [1.29, 1.82) is 0 Å². The molecule has 174 valence electrons. The van der Waals surface area contributed by atoms with Crippen molar-refractivity contribution in [3.63, 3.8) is 0 Å². The molecule has 0 aliphatic rings. The second-order valence-electron chi connectivity index (χ2n) is 9.01. The summed E-state index contributed by atoms with van der Waals surface area (Å²) in [5.41, 5.74) is 3.06. The van der Waals surface area contributed by atoms with E-state index in [4.69, 9.17) is 0 Å². The molecule has 0 saturated carbocycles. The zero-order valence-corrected chi connectivity index (χ0v) is 20.5. The lowest BCUT2D eigenvalue weighted by Gasteiger charge is -2.23. The van der Waals surface area contributed by atoms with Crippen LogP contribution in [0.5, 0.6) is 0 Å². The molecule has 0 radical (unpaired) electrons. The molecule has 2 rings (SSSR count). The Morgan fingerprint density at radius 2 is 1.66 bits per heavy atom. The molecule has 0 fully saturated rings. The highest BCUT2D eigenvalue weighted by atomic mass is 32.2. The number of aryl methyl sites for hydroxylation is 2. The van der Waals surface area contributed by atoms with Gasteiger partial charge >= 0.3 is 0 Å². The van der Waals surface area contributed by atoms with Crippen LogP contribution in [0.3, 0.4) is 0 Å². The predicted octanol–water partition coefficient (Wildman–Crippen LogP) is 4.02. The molecule has 0 aliphatic carbocycles. The zero-order chi connectivity index (χ0) is 24.1. The van der Waals surface area contributed by atoms with E-state index in [9.17, 15) is 18.0 Å². The molecule has 0 spiro atoms. The fraction of sp³-hybridized carbons (Fsp3) is 0.417. The summed E-state index contributed by atoms with van der Waals surface area (Å²) >= 11 is 0. The van der Waals surface area contributed by atoms with E-state index in [1.165, 1.54) is 4.31 Å². The third kappa shape index (κ3) is 7.37. The summed E-state index contributed by atoms with van der Waals surface area (Å²) < 4.78 is 25.9. The molecule has 0 aliphatic heterocycles. The lowest BCUT2D eigenvalue weighted by molar-refractivity contribution is -0.116. The maximum absolute atomic E-state index is 12.5. The standard InChI is InChI=1S/C24H33N3O4S/c1-17-13-14-19(16-18(17)2)27(32(6,30)31)15-9-12-22(28)25-21-11-8-7-10-20(21)23(29)26-24(3,4)5/h7-8,10-11,13-14,16H,9,12,15H2,1-6H3,(H,25,28)(H,26,29). The first-order chi connectivity index (χ1) is 14.8. The minimum atomic E-state index is -3.49. The van der Waals surface area contributed by atoms with Crippen LogP contribution in [0.15, 0.2) is 42.5 Å². The number of carbonyl (C=O) groups excluding carboxylic acids is 2. The Balaban J connectivity index is 2.05. The molecular weight excluding hydrogens is 426 g/mol. The number of rotatable bonds is 8. The smallest absolute Gasteiger partial charge is 0.253 e. The van der Waals surface area contributed by atoms with Gasteiger partial charge in [0.25, 0.3) is 5.91 Å². The molecular formula is C24H33N3O4S. The van der Waals surface area contributed by atoms with Crippen molar-refractivity contribution >= 4 is 33.2 Å². The van der Waals surface area contributed by atoms with Gasteiger partial charge in [0.2, 0.25) is 15.9 Å². The van der Waals surface area contributed by atoms with Crippen molar-refractivity contribution in [3.8, 4) is 0 Å². The summed E-state index contributed by atoms with van der Waals surface area (Å²) in [7, 11) is -3.49. The Morgan fingerprint density at radius 3 is 2.25 bits per heavy atom. The molecule has 32 heavy (non-hydrogen) atoms. The highest BCUT2D eigenvalue weighted by Gasteiger charge is 2.20. The molecule has 2 aromatic rings. The van der Waals surface area contributed by atoms with Gasteiger partial charge in [0.15, 0.2) is 0 Å². The number of nitrogens with zero attached hydrogens (tertiary/aromatic N) is 1. The number of nitrogens with one attached hydrogen (secondary N) is 2. The van der Waals surface area contributed by atoms with Crippen LogP contribution in [0.4, 0.5) is 11.4 Å². The van der Waals surface area contributed by atoms with Crippen LogP contribution in [0.25, 0.3) is 0 Å². The van der Waals surface area contributed by atoms with Gasteiger partial charge in [-0.25, -0.2) is 8.42 Å². The van der Waals surface area contributed by atoms with Crippen molar-refractivity contribution in [2.24, 2.45) is 0 Å². The fourth-order valence-corrected chi connectivity index (χ4v) is 4.12. The lowest BCUT2D eigenvalue weighted by Crippen LogP contribution is -2.40. The van der Waals surface area contributed by atoms with Crippen molar-refractivity contribution in [2.45, 2.75) is 53.0 Å². The maximum Gasteiger partial charge on any atom is 0.253 e. The summed E-state index contributed by atoms with van der Waals surface area (Å²) in [6.07, 6.45) is 1.61. The van der Waals surface area contributed by atoms with Gasteiger partial charge in [-0.2, -0.15) is 0 Å². The first-order valence-electron chi connectivity index (χ1n) is 10.5. The minimum absolute atomic E-state index is 0.117. The monoisotopic (exact) mass is 459 g/mol. The van der Waals surface area contributed by atoms with Gasteiger partial charge in [0, 0.05) is 18.5 Å². The molecule has 8 heteroatoms. The van der Waals surface area contributed by atoms with Crippen LogP contribution in [0.1, 0.15) is 55.1 Å². The number of amides is 2. The summed E-state index contributed by atoms with van der Waals surface area (Å²) in [4.78, 5) is 25.1. The Kier molecular flexibility index (Phi) is 8.07. The number of anilines is 2. The van der Waals surface area contributed by atoms with E-state index in [1.54, 1.807) is 30.3 Å². The Morgan fingerprint density at radius 1 is 1.00 bits per heavy atom. The average Bonchev–Trinajstić information content (AvgIpc) is 2.65. The molecule has 0 atom stereocenters.